The first kappa shape index (κ1) is 19.4. The third-order valence-corrected chi connectivity index (χ3v) is 5.30. The fourth-order valence-corrected chi connectivity index (χ4v) is 3.80. The van der Waals surface area contributed by atoms with Crippen molar-refractivity contribution in [1.82, 2.24) is 9.97 Å². The molecule has 1 aromatic carbocycles. The molecule has 31 heavy (non-hydrogen) atoms. The Hall–Kier alpha value is -3.61. The normalized spacial score (nSPS) is 19.1. The third kappa shape index (κ3) is 3.46. The Bertz CT molecular complexity index is 1170. The predicted octanol–water partition coefficient (Wildman–Crippen LogP) is 4.26. The Morgan fingerprint density at radius 2 is 1.97 bits per heavy atom. The Morgan fingerprint density at radius 1 is 1.10 bits per heavy atom. The Kier molecular flexibility index (Phi) is 4.36. The number of amidine groups is 1. The maximum Gasteiger partial charge on any atom is 0.283 e. The van der Waals surface area contributed by atoms with Crippen molar-refractivity contribution >= 4 is 6.02 Å². The Balaban J connectivity index is 1.63. The molecule has 0 saturated carbocycles. The van der Waals surface area contributed by atoms with E-state index >= 15 is 0 Å². The third-order valence-electron chi connectivity index (χ3n) is 5.30. The minimum Gasteiger partial charge on any atom is -0.491 e. The number of nitrogens with two attached hydrogens (primary N) is 1. The summed E-state index contributed by atoms with van der Waals surface area (Å²) in [6.07, 6.45) is 5.26. The number of pyridine rings is 2. The number of fused-ring (bicyclic) bond motifs is 4. The molecule has 0 aliphatic carbocycles. The van der Waals surface area contributed by atoms with E-state index in [0.29, 0.717) is 24.0 Å². The van der Waals surface area contributed by atoms with Gasteiger partial charge in [-0.3, -0.25) is 4.98 Å². The number of aromatic nitrogens is 2. The van der Waals surface area contributed by atoms with E-state index in [1.807, 2.05) is 36.5 Å². The molecule has 2 aromatic heterocycles. The lowest BCUT2D eigenvalue weighted by Crippen LogP contribution is -2.31. The lowest BCUT2D eigenvalue weighted by Gasteiger charge is -2.33. The number of hydrogen-bond donors (Lipinski definition) is 1. The summed E-state index contributed by atoms with van der Waals surface area (Å²) in [6, 6.07) is 12.0. The molecule has 0 saturated heterocycles. The van der Waals surface area contributed by atoms with Crippen molar-refractivity contribution < 1.29 is 14.2 Å². The summed E-state index contributed by atoms with van der Waals surface area (Å²) in [5.74, 6) is 1.81. The average molecular weight is 416 g/mol. The van der Waals surface area contributed by atoms with Gasteiger partial charge in [-0.05, 0) is 35.2 Å². The van der Waals surface area contributed by atoms with E-state index < -0.39 is 5.54 Å². The van der Waals surface area contributed by atoms with Gasteiger partial charge in [0.05, 0.1) is 18.4 Å². The van der Waals surface area contributed by atoms with E-state index in [0.717, 1.165) is 22.3 Å². The van der Waals surface area contributed by atoms with Crippen LogP contribution in [0.2, 0.25) is 0 Å². The van der Waals surface area contributed by atoms with Gasteiger partial charge in [0.1, 0.15) is 18.1 Å². The van der Waals surface area contributed by atoms with Crippen LogP contribution in [0.4, 0.5) is 0 Å². The summed E-state index contributed by atoms with van der Waals surface area (Å²) in [4.78, 5) is 13.5. The van der Waals surface area contributed by atoms with Crippen molar-refractivity contribution in [3.63, 3.8) is 0 Å². The fraction of sp³-hybridized carbons (Fsp3) is 0.292. The number of aliphatic imine (C=N–C) groups is 1. The van der Waals surface area contributed by atoms with Crippen LogP contribution in [0, 0.1) is 5.41 Å². The zero-order chi connectivity index (χ0) is 21.6. The van der Waals surface area contributed by atoms with E-state index in [4.69, 9.17) is 24.9 Å². The van der Waals surface area contributed by atoms with Crippen LogP contribution in [-0.4, -0.2) is 29.2 Å². The van der Waals surface area contributed by atoms with Crippen molar-refractivity contribution in [1.29, 1.82) is 0 Å². The predicted molar refractivity (Wildman–Crippen MR) is 117 cm³/mol. The summed E-state index contributed by atoms with van der Waals surface area (Å²) in [7, 11) is 0. The summed E-state index contributed by atoms with van der Waals surface area (Å²) in [6.45, 7) is 7.19. The van der Waals surface area contributed by atoms with Gasteiger partial charge in [0.15, 0.2) is 5.54 Å². The molecule has 1 atom stereocenters. The van der Waals surface area contributed by atoms with Crippen LogP contribution in [-0.2, 0) is 10.3 Å². The van der Waals surface area contributed by atoms with Gasteiger partial charge in [0.2, 0.25) is 5.88 Å². The number of rotatable bonds is 3. The molecule has 3 aromatic rings. The van der Waals surface area contributed by atoms with Gasteiger partial charge in [-0.1, -0.05) is 32.9 Å². The van der Waals surface area contributed by atoms with Crippen LogP contribution in [0.3, 0.4) is 0 Å². The summed E-state index contributed by atoms with van der Waals surface area (Å²) in [5, 5.41) is 0. The molecule has 158 valence electrons. The average Bonchev–Trinajstić information content (AvgIpc) is 3.15. The van der Waals surface area contributed by atoms with Crippen LogP contribution in [0.15, 0.2) is 60.0 Å². The molecule has 1 spiro atoms. The fourth-order valence-electron chi connectivity index (χ4n) is 3.80. The Labute approximate surface area is 180 Å². The first-order valence-corrected chi connectivity index (χ1v) is 10.2. The molecular formula is C24H24N4O3. The lowest BCUT2D eigenvalue weighted by molar-refractivity contribution is 0.196. The van der Waals surface area contributed by atoms with Gasteiger partial charge in [-0.2, -0.15) is 0 Å². The number of benzene rings is 1. The maximum atomic E-state index is 6.14. The van der Waals surface area contributed by atoms with Crippen molar-refractivity contribution in [2.24, 2.45) is 16.1 Å². The zero-order valence-corrected chi connectivity index (χ0v) is 17.8. The van der Waals surface area contributed by atoms with Gasteiger partial charge >= 0.3 is 0 Å². The van der Waals surface area contributed by atoms with Gasteiger partial charge < -0.3 is 19.9 Å². The van der Waals surface area contributed by atoms with Crippen molar-refractivity contribution in [3.05, 3.63) is 66.1 Å². The van der Waals surface area contributed by atoms with E-state index in [1.165, 1.54) is 0 Å². The van der Waals surface area contributed by atoms with Crippen molar-refractivity contribution in [2.45, 2.75) is 26.3 Å². The van der Waals surface area contributed by atoms with E-state index in [2.05, 4.69) is 36.8 Å². The molecule has 2 N–H and O–H groups in total. The topological polar surface area (TPSA) is 91.9 Å². The summed E-state index contributed by atoms with van der Waals surface area (Å²) in [5.41, 5.74) is 8.81. The molecule has 4 heterocycles. The highest BCUT2D eigenvalue weighted by molar-refractivity contribution is 5.77. The summed E-state index contributed by atoms with van der Waals surface area (Å²) < 4.78 is 17.8. The second kappa shape index (κ2) is 6.97. The van der Waals surface area contributed by atoms with E-state index in [1.54, 1.807) is 12.4 Å². The molecule has 2 aliphatic rings. The molecule has 2 aliphatic heterocycles. The van der Waals surface area contributed by atoms with E-state index in [9.17, 15) is 0 Å². The van der Waals surface area contributed by atoms with Crippen LogP contribution < -0.4 is 15.2 Å². The van der Waals surface area contributed by atoms with Crippen LogP contribution in [0.1, 0.15) is 31.9 Å². The van der Waals surface area contributed by atoms with Crippen LogP contribution in [0.5, 0.6) is 17.4 Å². The first-order valence-electron chi connectivity index (χ1n) is 10.2. The number of hydrogen-bond acceptors (Lipinski definition) is 7. The van der Waals surface area contributed by atoms with Crippen LogP contribution in [0.25, 0.3) is 11.1 Å². The van der Waals surface area contributed by atoms with Crippen molar-refractivity contribution in [3.8, 4) is 28.5 Å². The van der Waals surface area contributed by atoms with Crippen molar-refractivity contribution in [2.75, 3.05) is 13.2 Å². The largest absolute Gasteiger partial charge is 0.491 e. The molecule has 7 nitrogen and oxygen atoms in total. The summed E-state index contributed by atoms with van der Waals surface area (Å²) >= 11 is 0. The highest BCUT2D eigenvalue weighted by Gasteiger charge is 2.48. The maximum absolute atomic E-state index is 6.14. The molecule has 0 amide bonds. The lowest BCUT2D eigenvalue weighted by atomic mass is 9.81. The number of ether oxygens (including phenoxy) is 3. The second-order valence-corrected chi connectivity index (χ2v) is 9.03. The molecule has 0 unspecified atom stereocenters. The quantitative estimate of drug-likeness (QED) is 0.686. The molecule has 0 radical (unpaired) electrons. The number of nitrogens with zero attached hydrogens (tertiary/aromatic N) is 3. The minimum atomic E-state index is -0.848. The molecule has 0 fully saturated rings. The second-order valence-electron chi connectivity index (χ2n) is 9.03. The molecule has 5 rings (SSSR count). The highest BCUT2D eigenvalue weighted by atomic mass is 16.5. The first-order chi connectivity index (χ1) is 14.8. The molecule has 0 bridgehead atoms. The SMILES string of the molecule is CC(C)(C)COc1cnc2c(c1)[C@]1(COC(N)=N1)c1cc(-c3cccnc3)ccc1O2. The standard InChI is InChI=1S/C24H24N4O3/c1-23(2,3)13-29-17-10-19-21(27-12-17)31-20-7-6-15(16-5-4-8-26-11-16)9-18(20)24(19)14-30-22(25)28-24/h4-12H,13-14H2,1-3H3,(H2,25,28)/t24-/m0/s1. The van der Waals surface area contributed by atoms with Gasteiger partial charge in [0, 0.05) is 23.5 Å². The zero-order valence-electron chi connectivity index (χ0n) is 17.8. The Morgan fingerprint density at radius 3 is 2.68 bits per heavy atom. The van der Waals surface area contributed by atoms with Crippen LogP contribution >= 0.6 is 0 Å². The molecular weight excluding hydrogens is 392 g/mol. The van der Waals surface area contributed by atoms with Gasteiger partial charge in [-0.15, -0.1) is 0 Å². The van der Waals surface area contributed by atoms with Gasteiger partial charge in [-0.25, -0.2) is 9.98 Å². The van der Waals surface area contributed by atoms with Gasteiger partial charge in [0.25, 0.3) is 6.02 Å². The molecule has 7 heteroatoms. The smallest absolute Gasteiger partial charge is 0.283 e. The highest BCUT2D eigenvalue weighted by Crippen LogP contribution is 2.51. The van der Waals surface area contributed by atoms with E-state index in [-0.39, 0.29) is 18.0 Å². The monoisotopic (exact) mass is 416 g/mol. The minimum absolute atomic E-state index is 0.0222.